The highest BCUT2D eigenvalue weighted by molar-refractivity contribution is 4.99. The highest BCUT2D eigenvalue weighted by Gasteiger charge is 2.42. The molecule has 2 atom stereocenters. The Hall–Kier alpha value is -0.220. The molecule has 2 fully saturated rings. The molecule has 2 rings (SSSR count). The van der Waals surface area contributed by atoms with Gasteiger partial charge in [-0.05, 0) is 39.8 Å². The summed E-state index contributed by atoms with van der Waals surface area (Å²) >= 11 is 0. The Morgan fingerprint density at radius 2 is 2.13 bits per heavy atom. The van der Waals surface area contributed by atoms with E-state index in [4.69, 9.17) is 0 Å². The smallest absolute Gasteiger partial charge is 0.251 e. The van der Waals surface area contributed by atoms with Crippen LogP contribution in [-0.4, -0.2) is 54.5 Å². The van der Waals surface area contributed by atoms with Gasteiger partial charge in [-0.25, -0.2) is 8.78 Å². The summed E-state index contributed by atoms with van der Waals surface area (Å²) < 4.78 is 24.7. The second-order valence-corrected chi connectivity index (χ2v) is 5.20. The monoisotopic (exact) mass is 218 g/mol. The summed E-state index contributed by atoms with van der Waals surface area (Å²) in [5.41, 5.74) is 0.252. The van der Waals surface area contributed by atoms with Crippen molar-refractivity contribution in [2.24, 2.45) is 0 Å². The van der Waals surface area contributed by atoms with Crippen molar-refractivity contribution in [3.63, 3.8) is 0 Å². The summed E-state index contributed by atoms with van der Waals surface area (Å²) in [7, 11) is 2.15. The standard InChI is InChI=1S/C11H20F2N2/c1-11-4-6-15(8-10(12)13)9(7-11)3-5-14(11)2/h9-10H,3-8H2,1-2H3/t9?,11-/m0/s1. The van der Waals surface area contributed by atoms with Gasteiger partial charge in [0.1, 0.15) is 0 Å². The maximum atomic E-state index is 12.4. The molecule has 2 saturated heterocycles. The lowest BCUT2D eigenvalue weighted by Crippen LogP contribution is -2.61. The lowest BCUT2D eigenvalue weighted by Gasteiger charge is -2.53. The van der Waals surface area contributed by atoms with Crippen molar-refractivity contribution < 1.29 is 8.78 Å². The van der Waals surface area contributed by atoms with Gasteiger partial charge < -0.3 is 4.90 Å². The second kappa shape index (κ2) is 3.98. The van der Waals surface area contributed by atoms with Crippen molar-refractivity contribution in [3.8, 4) is 0 Å². The normalized spacial score (nSPS) is 38.6. The molecule has 0 N–H and O–H groups in total. The molecule has 0 aromatic heterocycles. The molecule has 2 heterocycles. The average Bonchev–Trinajstić information content (AvgIpc) is 2.16. The van der Waals surface area contributed by atoms with Gasteiger partial charge in [-0.3, -0.25) is 4.90 Å². The highest BCUT2D eigenvalue weighted by atomic mass is 19.3. The Morgan fingerprint density at radius 3 is 2.80 bits per heavy atom. The molecule has 4 heteroatoms. The Bertz CT molecular complexity index is 235. The molecule has 0 saturated carbocycles. The molecule has 0 aromatic rings. The van der Waals surface area contributed by atoms with E-state index in [2.05, 4.69) is 18.9 Å². The fourth-order valence-corrected chi connectivity index (χ4v) is 2.97. The Kier molecular flexibility index (Phi) is 2.99. The molecule has 0 aromatic carbocycles. The average molecular weight is 218 g/mol. The Morgan fingerprint density at radius 1 is 1.40 bits per heavy atom. The zero-order valence-electron chi connectivity index (χ0n) is 9.55. The van der Waals surface area contributed by atoms with Crippen molar-refractivity contribution in [2.45, 2.75) is 44.2 Å². The Balaban J connectivity index is 2.00. The molecule has 2 nitrogen and oxygen atoms in total. The molecule has 2 aliphatic heterocycles. The van der Waals surface area contributed by atoms with E-state index in [-0.39, 0.29) is 12.1 Å². The molecule has 15 heavy (non-hydrogen) atoms. The van der Waals surface area contributed by atoms with E-state index in [1.807, 2.05) is 4.90 Å². The van der Waals surface area contributed by atoms with Crippen LogP contribution < -0.4 is 0 Å². The quantitative estimate of drug-likeness (QED) is 0.697. The van der Waals surface area contributed by atoms with Crippen molar-refractivity contribution in [2.75, 3.05) is 26.7 Å². The van der Waals surface area contributed by atoms with Crippen LogP contribution in [0.4, 0.5) is 8.78 Å². The molecule has 0 radical (unpaired) electrons. The lowest BCUT2D eigenvalue weighted by atomic mass is 9.79. The van der Waals surface area contributed by atoms with E-state index in [1.54, 1.807) is 0 Å². The molecule has 0 aliphatic carbocycles. The van der Waals surface area contributed by atoms with Crippen molar-refractivity contribution >= 4 is 0 Å². The first kappa shape index (κ1) is 11.3. The minimum atomic E-state index is -2.19. The van der Waals surface area contributed by atoms with E-state index in [1.165, 1.54) is 0 Å². The van der Waals surface area contributed by atoms with Crippen LogP contribution in [0.1, 0.15) is 26.2 Å². The molecular formula is C11H20F2N2. The number of halogens is 2. The van der Waals surface area contributed by atoms with E-state index in [9.17, 15) is 8.78 Å². The van der Waals surface area contributed by atoms with Gasteiger partial charge in [-0.1, -0.05) is 0 Å². The first-order valence-electron chi connectivity index (χ1n) is 5.75. The topological polar surface area (TPSA) is 6.48 Å². The van der Waals surface area contributed by atoms with E-state index < -0.39 is 6.43 Å². The minimum absolute atomic E-state index is 0.0372. The van der Waals surface area contributed by atoms with Gasteiger partial charge in [0.15, 0.2) is 0 Å². The van der Waals surface area contributed by atoms with Crippen molar-refractivity contribution in [3.05, 3.63) is 0 Å². The minimum Gasteiger partial charge on any atom is -0.301 e. The largest absolute Gasteiger partial charge is 0.301 e. The molecule has 2 aliphatic rings. The van der Waals surface area contributed by atoms with Crippen LogP contribution in [-0.2, 0) is 0 Å². The Labute approximate surface area is 90.2 Å². The first-order chi connectivity index (χ1) is 7.01. The third kappa shape index (κ3) is 2.16. The summed E-state index contributed by atoms with van der Waals surface area (Å²) in [6, 6.07) is 0.383. The van der Waals surface area contributed by atoms with Gasteiger partial charge in [0.2, 0.25) is 0 Å². The number of hydrogen-bond acceptors (Lipinski definition) is 2. The van der Waals surface area contributed by atoms with Crippen LogP contribution in [0.2, 0.25) is 0 Å². The first-order valence-corrected chi connectivity index (χ1v) is 5.75. The molecule has 1 unspecified atom stereocenters. The van der Waals surface area contributed by atoms with Crippen LogP contribution in [0.15, 0.2) is 0 Å². The lowest BCUT2D eigenvalue weighted by molar-refractivity contribution is -0.0461. The van der Waals surface area contributed by atoms with Gasteiger partial charge in [-0.2, -0.15) is 0 Å². The third-order valence-corrected chi connectivity index (χ3v) is 4.22. The second-order valence-electron chi connectivity index (χ2n) is 5.20. The molecule has 88 valence electrons. The summed E-state index contributed by atoms with van der Waals surface area (Å²) in [4.78, 5) is 4.38. The third-order valence-electron chi connectivity index (χ3n) is 4.22. The number of fused-ring (bicyclic) bond motifs is 2. The maximum absolute atomic E-state index is 12.4. The number of alkyl halides is 2. The number of rotatable bonds is 2. The van der Waals surface area contributed by atoms with Crippen molar-refractivity contribution in [1.29, 1.82) is 0 Å². The molecule has 0 amide bonds. The fourth-order valence-electron chi connectivity index (χ4n) is 2.97. The zero-order valence-corrected chi connectivity index (χ0v) is 9.55. The van der Waals surface area contributed by atoms with Gasteiger partial charge in [-0.15, -0.1) is 0 Å². The van der Waals surface area contributed by atoms with Crippen LogP contribution in [0.3, 0.4) is 0 Å². The van der Waals surface area contributed by atoms with Gasteiger partial charge in [0, 0.05) is 18.1 Å². The summed E-state index contributed by atoms with van der Waals surface area (Å²) in [6.07, 6.45) is 0.927. The van der Waals surface area contributed by atoms with Gasteiger partial charge in [0.25, 0.3) is 6.43 Å². The van der Waals surface area contributed by atoms with Gasteiger partial charge in [0.05, 0.1) is 6.54 Å². The number of nitrogens with zero attached hydrogens (tertiary/aromatic N) is 2. The highest BCUT2D eigenvalue weighted by Crippen LogP contribution is 2.36. The summed E-state index contributed by atoms with van der Waals surface area (Å²) in [6.45, 7) is 4.10. The van der Waals surface area contributed by atoms with Crippen LogP contribution >= 0.6 is 0 Å². The van der Waals surface area contributed by atoms with Crippen LogP contribution in [0.5, 0.6) is 0 Å². The van der Waals surface area contributed by atoms with Gasteiger partial charge >= 0.3 is 0 Å². The van der Waals surface area contributed by atoms with Crippen molar-refractivity contribution in [1.82, 2.24) is 9.80 Å². The maximum Gasteiger partial charge on any atom is 0.251 e. The molecular weight excluding hydrogens is 198 g/mol. The van der Waals surface area contributed by atoms with E-state index >= 15 is 0 Å². The van der Waals surface area contributed by atoms with E-state index in [0.717, 1.165) is 32.4 Å². The zero-order chi connectivity index (χ0) is 11.1. The predicted molar refractivity (Wildman–Crippen MR) is 56.3 cm³/mol. The SMILES string of the molecule is CN1CCC2C[C@]1(C)CCN2CC(F)F. The summed E-state index contributed by atoms with van der Waals surface area (Å²) in [5, 5.41) is 0. The molecule has 2 bridgehead atoms. The number of hydrogen-bond donors (Lipinski definition) is 0. The fraction of sp³-hybridized carbons (Fsp3) is 1.00. The van der Waals surface area contributed by atoms with E-state index in [0.29, 0.717) is 6.04 Å². The number of likely N-dealkylation sites (tertiary alicyclic amines) is 2. The van der Waals surface area contributed by atoms with Crippen LogP contribution in [0.25, 0.3) is 0 Å². The summed E-state index contributed by atoms with van der Waals surface area (Å²) in [5.74, 6) is 0. The predicted octanol–water partition coefficient (Wildman–Crippen LogP) is 1.81. The molecule has 0 spiro atoms. The number of piperidine rings is 2. The van der Waals surface area contributed by atoms with Crippen LogP contribution in [0, 0.1) is 0 Å².